The fraction of sp³-hybridized carbons (Fsp3) is 0.667. The van der Waals surface area contributed by atoms with Gasteiger partial charge >= 0.3 is 11.9 Å². The Morgan fingerprint density at radius 2 is 1.83 bits per heavy atom. The van der Waals surface area contributed by atoms with Crippen LogP contribution in [0.2, 0.25) is 0 Å². The molecule has 0 rings (SSSR count). The molecule has 0 saturated heterocycles. The van der Waals surface area contributed by atoms with E-state index in [0.717, 1.165) is 0 Å². The molecule has 0 bridgehead atoms. The van der Waals surface area contributed by atoms with Gasteiger partial charge in [0.25, 0.3) is 0 Å². The fourth-order valence-electron chi connectivity index (χ4n) is 0.474. The maximum absolute atomic E-state index is 10.6. The minimum atomic E-state index is -1.05. The Bertz CT molecular complexity index is 154. The van der Waals surface area contributed by atoms with Crippen LogP contribution < -0.4 is 0 Å². The van der Waals surface area contributed by atoms with Crippen LogP contribution in [-0.2, 0) is 19.2 Å². The summed E-state index contributed by atoms with van der Waals surface area (Å²) in [6, 6.07) is 0. The summed E-state index contributed by atoms with van der Waals surface area (Å²) in [5.74, 6) is -1.67. The van der Waals surface area contributed by atoms with Gasteiger partial charge in [-0.1, -0.05) is 0 Å². The van der Waals surface area contributed by atoms with Crippen LogP contribution >= 0.6 is 0 Å². The molecule has 0 fully saturated rings. The van der Waals surface area contributed by atoms with Crippen LogP contribution in [0.1, 0.15) is 12.8 Å². The molecule has 6 nitrogen and oxygen atoms in total. The summed E-state index contributed by atoms with van der Waals surface area (Å²) in [6.07, 6.45) is -0.417. The summed E-state index contributed by atoms with van der Waals surface area (Å²) >= 11 is 0. The Kier molecular flexibility index (Phi) is 5.94. The van der Waals surface area contributed by atoms with Crippen molar-refractivity contribution in [1.29, 1.82) is 0 Å². The van der Waals surface area contributed by atoms with Crippen LogP contribution in [0.3, 0.4) is 0 Å². The minimum absolute atomic E-state index is 0.0745. The van der Waals surface area contributed by atoms with Crippen molar-refractivity contribution in [3.05, 3.63) is 0 Å². The van der Waals surface area contributed by atoms with Crippen molar-refractivity contribution in [2.45, 2.75) is 12.8 Å². The number of hydrogen-bond acceptors (Lipinski definition) is 5. The van der Waals surface area contributed by atoms with Gasteiger partial charge in [-0.15, -0.1) is 0 Å². The zero-order valence-electron chi connectivity index (χ0n) is 6.36. The molecule has 0 unspecified atom stereocenters. The highest BCUT2D eigenvalue weighted by Crippen LogP contribution is 1.92. The van der Waals surface area contributed by atoms with Crippen molar-refractivity contribution in [2.24, 2.45) is 0 Å². The maximum atomic E-state index is 10.6. The van der Waals surface area contributed by atoms with Gasteiger partial charge in [-0.25, -0.2) is 4.89 Å². The van der Waals surface area contributed by atoms with Crippen molar-refractivity contribution in [3.63, 3.8) is 0 Å². The first-order valence-corrected chi connectivity index (χ1v) is 3.30. The van der Waals surface area contributed by atoms with Crippen molar-refractivity contribution >= 4 is 11.9 Å². The summed E-state index contributed by atoms with van der Waals surface area (Å²) in [4.78, 5) is 24.2. The van der Waals surface area contributed by atoms with Gasteiger partial charge in [0.05, 0.1) is 12.8 Å². The number of rotatable bonds is 6. The van der Waals surface area contributed by atoms with E-state index in [4.69, 9.17) is 10.4 Å². The van der Waals surface area contributed by atoms with Crippen LogP contribution in [-0.4, -0.2) is 35.5 Å². The molecule has 0 heterocycles. The van der Waals surface area contributed by atoms with E-state index in [1.807, 2.05) is 0 Å². The zero-order chi connectivity index (χ0) is 9.40. The lowest BCUT2D eigenvalue weighted by molar-refractivity contribution is -0.248. The average molecular weight is 178 g/mol. The second-order valence-corrected chi connectivity index (χ2v) is 1.95. The fourth-order valence-corrected chi connectivity index (χ4v) is 0.474. The van der Waals surface area contributed by atoms with Gasteiger partial charge in [0.1, 0.15) is 13.2 Å². The van der Waals surface area contributed by atoms with Crippen LogP contribution in [0.15, 0.2) is 0 Å². The van der Waals surface area contributed by atoms with Crippen LogP contribution in [0.25, 0.3) is 0 Å². The van der Waals surface area contributed by atoms with E-state index in [2.05, 4.69) is 9.62 Å². The van der Waals surface area contributed by atoms with Gasteiger partial charge in [0, 0.05) is 0 Å². The van der Waals surface area contributed by atoms with Crippen LogP contribution in [0.4, 0.5) is 0 Å². The van der Waals surface area contributed by atoms with Crippen molar-refractivity contribution in [2.75, 3.05) is 13.2 Å². The number of aliphatic carboxylic acids is 1. The second kappa shape index (κ2) is 6.56. The molecular weight excluding hydrogens is 168 g/mol. The predicted octanol–water partition coefficient (Wildman–Crippen LogP) is -0.116. The molecule has 0 saturated carbocycles. The molecule has 0 spiro atoms. The number of carbonyl (C=O) groups is 2. The SMILES string of the molecule is O=C(O)CCC(=O)OCCOO. The quantitative estimate of drug-likeness (QED) is 0.255. The summed E-state index contributed by atoms with van der Waals surface area (Å²) in [5.41, 5.74) is 0. The largest absolute Gasteiger partial charge is 0.481 e. The van der Waals surface area contributed by atoms with E-state index in [9.17, 15) is 9.59 Å². The third-order valence-corrected chi connectivity index (χ3v) is 0.981. The smallest absolute Gasteiger partial charge is 0.306 e. The Morgan fingerprint density at radius 1 is 1.17 bits per heavy atom. The highest BCUT2D eigenvalue weighted by atomic mass is 17.1. The molecule has 0 aliphatic carbocycles. The van der Waals surface area contributed by atoms with E-state index in [1.54, 1.807) is 0 Å². The minimum Gasteiger partial charge on any atom is -0.481 e. The number of hydrogen-bond donors (Lipinski definition) is 2. The Morgan fingerprint density at radius 3 is 2.33 bits per heavy atom. The predicted molar refractivity (Wildman–Crippen MR) is 36.4 cm³/mol. The Balaban J connectivity index is 3.28. The second-order valence-electron chi connectivity index (χ2n) is 1.95. The molecule has 0 aliphatic heterocycles. The van der Waals surface area contributed by atoms with E-state index in [1.165, 1.54) is 0 Å². The van der Waals surface area contributed by atoms with E-state index >= 15 is 0 Å². The van der Waals surface area contributed by atoms with Crippen molar-refractivity contribution in [3.8, 4) is 0 Å². The van der Waals surface area contributed by atoms with Crippen LogP contribution in [0, 0.1) is 0 Å². The van der Waals surface area contributed by atoms with E-state index in [0.29, 0.717) is 0 Å². The topological polar surface area (TPSA) is 93.1 Å². The lowest BCUT2D eigenvalue weighted by Crippen LogP contribution is -2.11. The third-order valence-electron chi connectivity index (χ3n) is 0.981. The summed E-state index contributed by atoms with van der Waals surface area (Å²) in [6.45, 7) is -0.187. The average Bonchev–Trinajstić information content (AvgIpc) is 2.01. The summed E-state index contributed by atoms with van der Waals surface area (Å²) in [5, 5.41) is 16.0. The van der Waals surface area contributed by atoms with Gasteiger partial charge in [-0.2, -0.15) is 0 Å². The number of carboxylic acids is 1. The first-order valence-electron chi connectivity index (χ1n) is 3.30. The lowest BCUT2D eigenvalue weighted by atomic mass is 10.3. The highest BCUT2D eigenvalue weighted by molar-refractivity contribution is 5.76. The van der Waals surface area contributed by atoms with Gasteiger partial charge < -0.3 is 9.84 Å². The zero-order valence-corrected chi connectivity index (χ0v) is 6.36. The highest BCUT2D eigenvalue weighted by Gasteiger charge is 2.05. The molecule has 0 aromatic rings. The van der Waals surface area contributed by atoms with Crippen molar-refractivity contribution in [1.82, 2.24) is 0 Å². The Hall–Kier alpha value is -1.14. The van der Waals surface area contributed by atoms with E-state index in [-0.39, 0.29) is 26.1 Å². The first-order chi connectivity index (χ1) is 5.66. The maximum Gasteiger partial charge on any atom is 0.306 e. The van der Waals surface area contributed by atoms with Crippen LogP contribution in [0.5, 0.6) is 0 Å². The standard InChI is InChI=1S/C6H10O6/c7-5(8)1-2-6(9)11-3-4-12-10/h10H,1-4H2,(H,7,8). The molecule has 0 radical (unpaired) electrons. The molecule has 0 aromatic heterocycles. The van der Waals surface area contributed by atoms with Gasteiger partial charge in [-0.05, 0) is 0 Å². The first kappa shape index (κ1) is 10.9. The molecule has 0 aromatic carbocycles. The third kappa shape index (κ3) is 6.97. The number of carbonyl (C=O) groups excluding carboxylic acids is 1. The number of carboxylic acid groups (broad SMARTS) is 1. The molecule has 70 valence electrons. The summed E-state index contributed by atoms with van der Waals surface area (Å²) < 4.78 is 4.45. The molecule has 0 amide bonds. The molecule has 6 heteroatoms. The number of ether oxygens (including phenoxy) is 1. The van der Waals surface area contributed by atoms with Gasteiger partial charge in [-0.3, -0.25) is 14.8 Å². The molecule has 0 atom stereocenters. The Labute approximate surface area is 68.6 Å². The number of esters is 1. The molecular formula is C6H10O6. The monoisotopic (exact) mass is 178 g/mol. The lowest BCUT2D eigenvalue weighted by Gasteiger charge is -2.00. The van der Waals surface area contributed by atoms with Crippen molar-refractivity contribution < 1.29 is 29.6 Å². The van der Waals surface area contributed by atoms with Gasteiger partial charge in [0.15, 0.2) is 0 Å². The normalized spacial score (nSPS) is 9.42. The molecule has 2 N–H and O–H groups in total. The summed E-state index contributed by atoms with van der Waals surface area (Å²) in [7, 11) is 0. The molecule has 0 aliphatic rings. The van der Waals surface area contributed by atoms with E-state index < -0.39 is 11.9 Å². The van der Waals surface area contributed by atoms with Gasteiger partial charge in [0.2, 0.25) is 0 Å². The molecule has 12 heavy (non-hydrogen) atoms.